The molecule has 0 saturated heterocycles. The monoisotopic (exact) mass is 401 g/mol. The summed E-state index contributed by atoms with van der Waals surface area (Å²) in [4.78, 5) is 23.1. The first-order valence-electron chi connectivity index (χ1n) is 8.99. The van der Waals surface area contributed by atoms with Gasteiger partial charge in [-0.1, -0.05) is 32.0 Å². The number of para-hydroxylation sites is 1. The third-order valence-electron chi connectivity index (χ3n) is 4.30. The van der Waals surface area contributed by atoms with E-state index in [-0.39, 0.29) is 28.7 Å². The zero-order valence-corrected chi connectivity index (χ0v) is 16.8. The highest BCUT2D eigenvalue weighted by atomic mass is 32.1. The Bertz CT molecular complexity index is 886. The summed E-state index contributed by atoms with van der Waals surface area (Å²) in [6.07, 6.45) is 0.966. The molecule has 0 aliphatic rings. The fourth-order valence-corrected chi connectivity index (χ4v) is 2.87. The third-order valence-corrected chi connectivity index (χ3v) is 4.50. The SMILES string of the molecule is CCOc1ccc(C(=O)NC(=S)Nc2ccccc2[C@@H](C)CC)cc1[N+](=O)[O-]. The number of amides is 1. The lowest BCUT2D eigenvalue weighted by Gasteiger charge is -2.17. The molecule has 0 bridgehead atoms. The van der Waals surface area contributed by atoms with Gasteiger partial charge in [0.25, 0.3) is 5.91 Å². The van der Waals surface area contributed by atoms with Crippen LogP contribution in [0.4, 0.5) is 11.4 Å². The molecule has 0 saturated carbocycles. The lowest BCUT2D eigenvalue weighted by Crippen LogP contribution is -2.34. The van der Waals surface area contributed by atoms with Gasteiger partial charge >= 0.3 is 5.69 Å². The van der Waals surface area contributed by atoms with Gasteiger partial charge in [-0.2, -0.15) is 0 Å². The first-order valence-corrected chi connectivity index (χ1v) is 9.40. The highest BCUT2D eigenvalue weighted by Crippen LogP contribution is 2.28. The molecular formula is C20H23N3O4S. The fourth-order valence-electron chi connectivity index (χ4n) is 2.67. The first-order chi connectivity index (χ1) is 13.4. The van der Waals surface area contributed by atoms with Crippen molar-refractivity contribution in [3.63, 3.8) is 0 Å². The van der Waals surface area contributed by atoms with Crippen molar-refractivity contribution in [1.29, 1.82) is 0 Å². The van der Waals surface area contributed by atoms with Crippen LogP contribution in [0.25, 0.3) is 0 Å². The number of nitro benzene ring substituents is 1. The first kappa shape index (κ1) is 21.3. The molecule has 0 fully saturated rings. The standard InChI is InChI=1S/C20H23N3O4S/c1-4-13(3)15-8-6-7-9-16(15)21-20(28)22-19(24)14-10-11-18(27-5-2)17(12-14)23(25)26/h6-13H,4-5H2,1-3H3,(H2,21,22,24,28)/t13-/m0/s1. The van der Waals surface area contributed by atoms with E-state index in [1.807, 2.05) is 24.3 Å². The quantitative estimate of drug-likeness (QED) is 0.399. The molecule has 0 heterocycles. The number of nitrogens with one attached hydrogen (secondary N) is 2. The van der Waals surface area contributed by atoms with Gasteiger partial charge in [-0.05, 0) is 55.2 Å². The van der Waals surface area contributed by atoms with Crippen molar-refractivity contribution in [3.8, 4) is 5.75 Å². The van der Waals surface area contributed by atoms with Crippen molar-refractivity contribution in [2.75, 3.05) is 11.9 Å². The molecule has 2 N–H and O–H groups in total. The molecule has 28 heavy (non-hydrogen) atoms. The summed E-state index contributed by atoms with van der Waals surface area (Å²) >= 11 is 5.24. The van der Waals surface area contributed by atoms with Gasteiger partial charge in [-0.15, -0.1) is 0 Å². The highest BCUT2D eigenvalue weighted by molar-refractivity contribution is 7.80. The van der Waals surface area contributed by atoms with E-state index in [2.05, 4.69) is 24.5 Å². The van der Waals surface area contributed by atoms with Gasteiger partial charge in [0.15, 0.2) is 10.9 Å². The van der Waals surface area contributed by atoms with Gasteiger partial charge in [0.2, 0.25) is 0 Å². The fraction of sp³-hybridized carbons (Fsp3) is 0.300. The molecule has 0 aromatic heterocycles. The molecule has 1 atom stereocenters. The molecule has 148 valence electrons. The maximum absolute atomic E-state index is 12.5. The predicted molar refractivity (Wildman–Crippen MR) is 113 cm³/mol. The van der Waals surface area contributed by atoms with Crippen LogP contribution < -0.4 is 15.4 Å². The Labute approximate surface area is 169 Å². The molecular weight excluding hydrogens is 378 g/mol. The zero-order chi connectivity index (χ0) is 20.7. The maximum atomic E-state index is 12.5. The van der Waals surface area contributed by atoms with Crippen molar-refractivity contribution >= 4 is 34.6 Å². The number of nitro groups is 1. The third kappa shape index (κ3) is 5.26. The van der Waals surface area contributed by atoms with Crippen LogP contribution >= 0.6 is 12.2 Å². The largest absolute Gasteiger partial charge is 0.487 e. The van der Waals surface area contributed by atoms with Gasteiger partial charge in [0, 0.05) is 17.3 Å². The van der Waals surface area contributed by atoms with E-state index in [0.717, 1.165) is 17.7 Å². The second-order valence-corrected chi connectivity index (χ2v) is 6.59. The van der Waals surface area contributed by atoms with Crippen LogP contribution in [0.3, 0.4) is 0 Å². The summed E-state index contributed by atoms with van der Waals surface area (Å²) < 4.78 is 5.23. The topological polar surface area (TPSA) is 93.5 Å². The van der Waals surface area contributed by atoms with Gasteiger partial charge < -0.3 is 10.1 Å². The molecule has 0 spiro atoms. The van der Waals surface area contributed by atoms with E-state index < -0.39 is 10.8 Å². The van der Waals surface area contributed by atoms with Crippen LogP contribution in [0.1, 0.15) is 49.0 Å². The minimum Gasteiger partial charge on any atom is -0.487 e. The van der Waals surface area contributed by atoms with Crippen LogP contribution in [-0.2, 0) is 0 Å². The van der Waals surface area contributed by atoms with Crippen LogP contribution in [0.2, 0.25) is 0 Å². The lowest BCUT2D eigenvalue weighted by molar-refractivity contribution is -0.385. The van der Waals surface area contributed by atoms with Gasteiger partial charge in [-0.3, -0.25) is 20.2 Å². The molecule has 2 rings (SSSR count). The number of anilines is 1. The Hall–Kier alpha value is -3.00. The van der Waals surface area contributed by atoms with Crippen LogP contribution in [0.5, 0.6) is 5.75 Å². The molecule has 0 unspecified atom stereocenters. The lowest BCUT2D eigenvalue weighted by atomic mass is 9.97. The number of rotatable bonds is 7. The van der Waals surface area contributed by atoms with E-state index in [1.165, 1.54) is 18.2 Å². The molecule has 7 nitrogen and oxygen atoms in total. The van der Waals surface area contributed by atoms with Gasteiger partial charge in [-0.25, -0.2) is 0 Å². The molecule has 0 radical (unpaired) electrons. The summed E-state index contributed by atoms with van der Waals surface area (Å²) in [5.41, 5.74) is 1.77. The van der Waals surface area contributed by atoms with Crippen molar-refractivity contribution < 1.29 is 14.5 Å². The molecule has 1 amide bonds. The summed E-state index contributed by atoms with van der Waals surface area (Å²) in [5.74, 6) is -0.0899. The second-order valence-electron chi connectivity index (χ2n) is 6.18. The summed E-state index contributed by atoms with van der Waals surface area (Å²) in [7, 11) is 0. The normalized spacial score (nSPS) is 11.4. The van der Waals surface area contributed by atoms with Crippen molar-refractivity contribution in [2.45, 2.75) is 33.1 Å². The highest BCUT2D eigenvalue weighted by Gasteiger charge is 2.19. The van der Waals surface area contributed by atoms with Gasteiger partial charge in [0.1, 0.15) is 0 Å². The van der Waals surface area contributed by atoms with Crippen molar-refractivity contribution in [1.82, 2.24) is 5.32 Å². The molecule has 2 aromatic rings. The van der Waals surface area contributed by atoms with Gasteiger partial charge in [0.05, 0.1) is 11.5 Å². The number of ether oxygens (including phenoxy) is 1. The van der Waals surface area contributed by atoms with Crippen molar-refractivity contribution in [3.05, 3.63) is 63.7 Å². The minimum atomic E-state index is -0.583. The number of carbonyl (C=O) groups is 1. The van der Waals surface area contributed by atoms with Crippen LogP contribution in [-0.4, -0.2) is 22.5 Å². The maximum Gasteiger partial charge on any atom is 0.311 e. The average Bonchev–Trinajstić information content (AvgIpc) is 2.68. The average molecular weight is 401 g/mol. The van der Waals surface area contributed by atoms with Crippen LogP contribution in [0, 0.1) is 10.1 Å². The molecule has 0 aliphatic carbocycles. The van der Waals surface area contributed by atoms with E-state index in [1.54, 1.807) is 6.92 Å². The number of carbonyl (C=O) groups excluding carboxylic acids is 1. The second kappa shape index (κ2) is 9.80. The smallest absolute Gasteiger partial charge is 0.311 e. The number of benzene rings is 2. The Morgan fingerprint density at radius 1 is 1.25 bits per heavy atom. The number of hydrogen-bond acceptors (Lipinski definition) is 5. The molecule has 8 heteroatoms. The summed E-state index contributed by atoms with van der Waals surface area (Å²) in [5, 5.41) is 16.9. The number of nitrogens with zero attached hydrogens (tertiary/aromatic N) is 1. The van der Waals surface area contributed by atoms with E-state index in [4.69, 9.17) is 17.0 Å². The number of thiocarbonyl (C=S) groups is 1. The molecule has 2 aromatic carbocycles. The Balaban J connectivity index is 2.14. The molecule has 0 aliphatic heterocycles. The van der Waals surface area contributed by atoms with E-state index >= 15 is 0 Å². The Morgan fingerprint density at radius 3 is 2.61 bits per heavy atom. The Morgan fingerprint density at radius 2 is 1.96 bits per heavy atom. The minimum absolute atomic E-state index is 0.118. The zero-order valence-electron chi connectivity index (χ0n) is 16.0. The number of hydrogen-bond donors (Lipinski definition) is 2. The predicted octanol–water partition coefficient (Wildman–Crippen LogP) is 4.63. The summed E-state index contributed by atoms with van der Waals surface area (Å²) in [6, 6.07) is 11.8. The van der Waals surface area contributed by atoms with E-state index in [9.17, 15) is 14.9 Å². The van der Waals surface area contributed by atoms with Crippen LogP contribution in [0.15, 0.2) is 42.5 Å². The Kier molecular flexibility index (Phi) is 7.45. The van der Waals surface area contributed by atoms with E-state index in [0.29, 0.717) is 5.92 Å². The van der Waals surface area contributed by atoms with Crippen molar-refractivity contribution in [2.24, 2.45) is 0 Å². The summed E-state index contributed by atoms with van der Waals surface area (Å²) in [6.45, 7) is 6.23.